The smallest absolute Gasteiger partial charge is 0.301 e. The second kappa shape index (κ2) is 15.3. The summed E-state index contributed by atoms with van der Waals surface area (Å²) in [6, 6.07) is 32.9. The first-order chi connectivity index (χ1) is 23.2. The second-order valence-corrected chi connectivity index (χ2v) is 15.5. The van der Waals surface area contributed by atoms with Crippen LogP contribution in [0.3, 0.4) is 0 Å². The topological polar surface area (TPSA) is 108 Å². The van der Waals surface area contributed by atoms with Crippen LogP contribution in [-0.2, 0) is 32.2 Å². The molecule has 0 saturated carbocycles. The van der Waals surface area contributed by atoms with E-state index in [1.165, 1.54) is 0 Å². The average molecular weight is 720 g/mol. The molecule has 1 unspecified atom stereocenters. The Morgan fingerprint density at radius 3 is 2.25 bits per heavy atom. The van der Waals surface area contributed by atoms with Gasteiger partial charge in [-0.2, -0.15) is 17.2 Å². The number of hydrogen-bond donors (Lipinski definition) is 2. The summed E-state index contributed by atoms with van der Waals surface area (Å²) in [5, 5.41) is 1.94. The molecule has 12 heteroatoms. The molecule has 0 fully saturated rings. The van der Waals surface area contributed by atoms with Crippen LogP contribution in [0.25, 0.3) is 38.5 Å². The minimum absolute atomic E-state index is 0.0645. The third-order valence-corrected chi connectivity index (χ3v) is 11.4. The molecule has 1 aliphatic heterocycles. The highest BCUT2D eigenvalue weighted by Crippen LogP contribution is 2.48. The Bertz CT molecular complexity index is 2110. The molecule has 8 nitrogen and oxygen atoms in total. The van der Waals surface area contributed by atoms with E-state index in [0.29, 0.717) is 13.1 Å². The van der Waals surface area contributed by atoms with Crippen LogP contribution in [0, 0.1) is 0 Å². The van der Waals surface area contributed by atoms with E-state index < -0.39 is 21.5 Å². The quantitative estimate of drug-likeness (QED) is 0.0713. The van der Waals surface area contributed by atoms with Crippen molar-refractivity contribution in [1.82, 2.24) is 0 Å². The zero-order chi connectivity index (χ0) is 33.7. The SMILES string of the molecule is CCC(=Cc1sc2ccc(-c3ccccc3)cc2[n+]1CCCS(=O)(=O)O)C=C1Sc2ccc(-c3ccccc3)cc2N1CCOS(=O)O. The summed E-state index contributed by atoms with van der Waals surface area (Å²) in [7, 11) is -4.09. The molecule has 0 amide bonds. The summed E-state index contributed by atoms with van der Waals surface area (Å²) in [6.07, 6.45) is 5.28. The number of nitrogens with zero attached hydrogens (tertiary/aromatic N) is 2. The number of aromatic nitrogens is 1. The molecule has 48 heavy (non-hydrogen) atoms. The van der Waals surface area contributed by atoms with Gasteiger partial charge in [0.2, 0.25) is 5.52 Å². The molecule has 1 atom stereocenters. The van der Waals surface area contributed by atoms with Crippen molar-refractivity contribution in [2.24, 2.45) is 0 Å². The van der Waals surface area contributed by atoms with Crippen molar-refractivity contribution in [3.8, 4) is 22.3 Å². The van der Waals surface area contributed by atoms with Gasteiger partial charge in [-0.25, -0.2) is 0 Å². The van der Waals surface area contributed by atoms with Gasteiger partial charge in [0, 0.05) is 30.0 Å². The summed E-state index contributed by atoms with van der Waals surface area (Å²) < 4.78 is 61.4. The largest absolute Gasteiger partial charge is 0.333 e. The number of allylic oxidation sites excluding steroid dienone is 2. The lowest BCUT2D eigenvalue weighted by Crippen LogP contribution is -2.36. The average Bonchev–Trinajstić information content (AvgIpc) is 3.60. The number of rotatable bonds is 13. The molecule has 2 heterocycles. The summed E-state index contributed by atoms with van der Waals surface area (Å²) in [4.78, 5) is 3.21. The lowest BCUT2D eigenvalue weighted by molar-refractivity contribution is -0.668. The minimum Gasteiger partial charge on any atom is -0.333 e. The molecule has 4 aromatic carbocycles. The van der Waals surface area contributed by atoms with E-state index in [9.17, 15) is 21.7 Å². The van der Waals surface area contributed by atoms with E-state index in [4.69, 9.17) is 4.18 Å². The Balaban J connectivity index is 1.39. The summed E-state index contributed by atoms with van der Waals surface area (Å²) in [5.74, 6) is -0.320. The van der Waals surface area contributed by atoms with Gasteiger partial charge in [0.25, 0.3) is 15.1 Å². The standard InChI is InChI=1S/C36H34N2O6S4/c1-2-26(23-36-38(19-20-44-47(39)40)32-25-30(15-17-34(32)46-36)28-12-7-4-8-13-28)22-35-37(18-9-21-48(41,42)43)31-24-29(14-16-33(31)45-35)27-10-5-3-6-11-27/h3-8,10-17,22-25H,2,9,18-21H2,1H3,(H-,39,40,41,42,43)/p+1. The van der Waals surface area contributed by atoms with Crippen molar-refractivity contribution in [1.29, 1.82) is 0 Å². The predicted octanol–water partition coefficient (Wildman–Crippen LogP) is 8.20. The van der Waals surface area contributed by atoms with Gasteiger partial charge in [-0.05, 0) is 58.5 Å². The highest BCUT2D eigenvalue weighted by Gasteiger charge is 2.27. The first-order valence-corrected chi connectivity index (χ1v) is 19.7. The summed E-state index contributed by atoms with van der Waals surface area (Å²) in [5.41, 5.74) is 7.39. The summed E-state index contributed by atoms with van der Waals surface area (Å²) >= 11 is 0.917. The number of aryl methyl sites for hydroxylation is 1. The molecule has 1 aromatic heterocycles. The number of hydrogen-bond acceptors (Lipinski definition) is 7. The van der Waals surface area contributed by atoms with Crippen molar-refractivity contribution in [2.75, 3.05) is 23.8 Å². The van der Waals surface area contributed by atoms with Gasteiger partial charge in [-0.15, -0.1) is 0 Å². The zero-order valence-electron chi connectivity index (χ0n) is 26.2. The van der Waals surface area contributed by atoms with Gasteiger partial charge in [0.15, 0.2) is 6.54 Å². The van der Waals surface area contributed by atoms with Crippen LogP contribution >= 0.6 is 23.1 Å². The third kappa shape index (κ3) is 8.32. The number of anilines is 1. The molecule has 6 rings (SSSR count). The number of thiazole rings is 1. The van der Waals surface area contributed by atoms with Crippen LogP contribution in [0.15, 0.2) is 119 Å². The number of fused-ring (bicyclic) bond motifs is 2. The molecule has 0 saturated heterocycles. The highest BCUT2D eigenvalue weighted by atomic mass is 32.2. The lowest BCUT2D eigenvalue weighted by atomic mass is 10.0. The minimum atomic E-state index is -4.09. The maximum atomic E-state index is 11.6. The molecule has 0 bridgehead atoms. The van der Waals surface area contributed by atoms with Gasteiger partial charge in [0.1, 0.15) is 4.70 Å². The van der Waals surface area contributed by atoms with Gasteiger partial charge in [-0.3, -0.25) is 13.3 Å². The lowest BCUT2D eigenvalue weighted by Gasteiger charge is -2.21. The maximum absolute atomic E-state index is 11.6. The molecule has 5 aromatic rings. The van der Waals surface area contributed by atoms with Gasteiger partial charge >= 0.3 is 11.4 Å². The number of thioether (sulfide) groups is 1. The molecule has 2 N–H and O–H groups in total. The Morgan fingerprint density at radius 1 is 0.938 bits per heavy atom. The van der Waals surface area contributed by atoms with Crippen LogP contribution in [0.4, 0.5) is 5.69 Å². The van der Waals surface area contributed by atoms with Crippen molar-refractivity contribution in [3.05, 3.63) is 119 Å². The molecular weight excluding hydrogens is 685 g/mol. The van der Waals surface area contributed by atoms with Gasteiger partial charge in [-0.1, -0.05) is 103 Å². The Labute approximate surface area is 291 Å². The second-order valence-electron chi connectivity index (χ2n) is 11.2. The van der Waals surface area contributed by atoms with Crippen LogP contribution in [-0.4, -0.2) is 40.6 Å². The van der Waals surface area contributed by atoms with E-state index in [-0.39, 0.29) is 18.8 Å². The van der Waals surface area contributed by atoms with Crippen molar-refractivity contribution in [3.63, 3.8) is 0 Å². The fraction of sp³-hybridized carbons (Fsp3) is 0.194. The summed E-state index contributed by atoms with van der Waals surface area (Å²) in [6.45, 7) is 2.96. The Hall–Kier alpha value is -3.62. The van der Waals surface area contributed by atoms with Crippen LogP contribution in [0.2, 0.25) is 0 Å². The normalized spacial score (nSPS) is 14.9. The van der Waals surface area contributed by atoms with Crippen LogP contribution in [0.5, 0.6) is 0 Å². The van der Waals surface area contributed by atoms with Gasteiger partial charge < -0.3 is 4.90 Å². The van der Waals surface area contributed by atoms with Crippen LogP contribution < -0.4 is 9.47 Å². The van der Waals surface area contributed by atoms with E-state index >= 15 is 0 Å². The third-order valence-electron chi connectivity index (χ3n) is 7.98. The molecule has 1 aliphatic rings. The van der Waals surface area contributed by atoms with E-state index in [1.54, 1.807) is 23.1 Å². The Morgan fingerprint density at radius 2 is 1.60 bits per heavy atom. The molecular formula is C36H35N2O6S4+. The van der Waals surface area contributed by atoms with Crippen molar-refractivity contribution < 1.29 is 30.5 Å². The van der Waals surface area contributed by atoms with Crippen LogP contribution in [0.1, 0.15) is 24.8 Å². The maximum Gasteiger partial charge on any atom is 0.301 e. The van der Waals surface area contributed by atoms with E-state index in [1.807, 2.05) is 36.4 Å². The van der Waals surface area contributed by atoms with E-state index in [0.717, 1.165) is 65.1 Å². The number of benzene rings is 4. The zero-order valence-corrected chi connectivity index (χ0v) is 29.5. The predicted molar refractivity (Wildman–Crippen MR) is 197 cm³/mol. The first kappa shape index (κ1) is 34.3. The fourth-order valence-electron chi connectivity index (χ4n) is 5.67. The van der Waals surface area contributed by atoms with Gasteiger partial charge in [0.05, 0.1) is 23.1 Å². The van der Waals surface area contributed by atoms with Crippen molar-refractivity contribution >= 4 is 66.6 Å². The molecule has 0 aliphatic carbocycles. The Kier molecular flexibility index (Phi) is 10.9. The van der Waals surface area contributed by atoms with Crippen molar-refractivity contribution in [2.45, 2.75) is 31.2 Å². The molecule has 0 radical (unpaired) electrons. The van der Waals surface area contributed by atoms with E-state index in [2.05, 4.69) is 89.2 Å². The first-order valence-electron chi connectivity index (χ1n) is 15.5. The monoisotopic (exact) mass is 719 g/mol. The molecule has 248 valence electrons. The fourth-order valence-corrected chi connectivity index (χ4v) is 8.67. The molecule has 0 spiro atoms. The highest BCUT2D eigenvalue weighted by molar-refractivity contribution is 8.03.